The normalized spacial score (nSPS) is 18.2. The number of hydrogen-bond acceptors (Lipinski definition) is 2. The highest BCUT2D eigenvalue weighted by atomic mass is 35.5. The van der Waals surface area contributed by atoms with Crippen LogP contribution in [0, 0.1) is 5.92 Å². The molecule has 0 saturated carbocycles. The Hall–Kier alpha value is -2.04. The number of amides is 2. The first-order chi connectivity index (χ1) is 15.8. The largest absolute Gasteiger partial charge is 0.354 e. The molecule has 33 heavy (non-hydrogen) atoms. The van der Waals surface area contributed by atoms with Crippen LogP contribution in [0.5, 0.6) is 0 Å². The maximum absolute atomic E-state index is 13.3. The molecule has 2 aromatic rings. The lowest BCUT2D eigenvalue weighted by atomic mass is 9.84. The zero-order valence-corrected chi connectivity index (χ0v) is 21.6. The fraction of sp³-hybridized carbons (Fsp3) is 0.481. The van der Waals surface area contributed by atoms with E-state index in [0.29, 0.717) is 5.02 Å². The molecular formula is C27H36Cl2N2O2. The Morgan fingerprint density at radius 2 is 1.55 bits per heavy atom. The zero-order valence-electron chi connectivity index (χ0n) is 20.1. The number of carbonyl (C=O) groups excluding carboxylic acids is 2. The molecule has 2 atom stereocenters. The molecule has 180 valence electrons. The molecule has 0 aliphatic carbocycles. The van der Waals surface area contributed by atoms with Crippen LogP contribution >= 0.6 is 23.2 Å². The molecule has 2 aromatic carbocycles. The molecule has 1 aliphatic heterocycles. The summed E-state index contributed by atoms with van der Waals surface area (Å²) >= 11 is 11.6. The van der Waals surface area contributed by atoms with Crippen molar-refractivity contribution >= 4 is 35.0 Å². The number of hydrogen-bond donors (Lipinski definition) is 1. The van der Waals surface area contributed by atoms with Crippen molar-refractivity contribution in [1.82, 2.24) is 10.2 Å². The number of carbonyl (C=O) groups is 2. The molecule has 1 fully saturated rings. The van der Waals surface area contributed by atoms with Gasteiger partial charge in [0.15, 0.2) is 0 Å². The quantitative estimate of drug-likeness (QED) is 0.451. The van der Waals surface area contributed by atoms with E-state index in [0.717, 1.165) is 36.3 Å². The third kappa shape index (κ3) is 8.35. The minimum Gasteiger partial charge on any atom is -0.354 e. The maximum atomic E-state index is 13.3. The summed E-state index contributed by atoms with van der Waals surface area (Å²) in [5, 5.41) is 4.40. The van der Waals surface area contributed by atoms with Crippen molar-refractivity contribution in [2.45, 2.75) is 77.9 Å². The van der Waals surface area contributed by atoms with Gasteiger partial charge in [-0.25, -0.2) is 0 Å². The lowest BCUT2D eigenvalue weighted by molar-refractivity contribution is -0.148. The van der Waals surface area contributed by atoms with E-state index in [4.69, 9.17) is 23.2 Å². The third-order valence-electron chi connectivity index (χ3n) is 5.93. The van der Waals surface area contributed by atoms with Crippen LogP contribution in [0.4, 0.5) is 0 Å². The molecule has 3 rings (SSSR count). The summed E-state index contributed by atoms with van der Waals surface area (Å²) in [5.74, 6) is -0.144. The minimum atomic E-state index is -0.224. The summed E-state index contributed by atoms with van der Waals surface area (Å²) < 4.78 is 0. The highest BCUT2D eigenvalue weighted by molar-refractivity contribution is 6.30. The fourth-order valence-corrected chi connectivity index (χ4v) is 4.59. The predicted octanol–water partition coefficient (Wildman–Crippen LogP) is 7.06. The van der Waals surface area contributed by atoms with E-state index in [2.05, 4.69) is 19.2 Å². The second-order valence-electron chi connectivity index (χ2n) is 8.78. The average molecular weight is 492 g/mol. The van der Waals surface area contributed by atoms with Crippen molar-refractivity contribution in [3.8, 4) is 0 Å². The van der Waals surface area contributed by atoms with Gasteiger partial charge in [0, 0.05) is 34.5 Å². The van der Waals surface area contributed by atoms with E-state index < -0.39 is 0 Å². The van der Waals surface area contributed by atoms with Gasteiger partial charge in [-0.2, -0.15) is 0 Å². The molecule has 1 N–H and O–H groups in total. The molecule has 1 heterocycles. The first kappa shape index (κ1) is 27.2. The molecule has 0 bridgehead atoms. The lowest BCUT2D eigenvalue weighted by Gasteiger charge is -2.44. The maximum Gasteiger partial charge on any atom is 0.226 e. The van der Waals surface area contributed by atoms with Crippen LogP contribution < -0.4 is 5.32 Å². The Kier molecular flexibility index (Phi) is 11.2. The van der Waals surface area contributed by atoms with Gasteiger partial charge in [-0.05, 0) is 69.4 Å². The van der Waals surface area contributed by atoms with Crippen molar-refractivity contribution in [2.24, 2.45) is 5.92 Å². The Labute approximate surface area is 208 Å². The second-order valence-corrected chi connectivity index (χ2v) is 9.65. The molecule has 0 radical (unpaired) electrons. The number of nitrogens with one attached hydrogen (secondary N) is 1. The number of likely N-dealkylation sites (tertiary alicyclic amines) is 1. The van der Waals surface area contributed by atoms with E-state index >= 15 is 0 Å². The molecule has 0 spiro atoms. The van der Waals surface area contributed by atoms with Gasteiger partial charge < -0.3 is 10.2 Å². The highest BCUT2D eigenvalue weighted by Crippen LogP contribution is 2.38. The molecule has 6 heteroatoms. The molecular weight excluding hydrogens is 455 g/mol. The van der Waals surface area contributed by atoms with Gasteiger partial charge in [0.2, 0.25) is 11.8 Å². The van der Waals surface area contributed by atoms with Crippen LogP contribution in [0.15, 0.2) is 54.6 Å². The van der Waals surface area contributed by atoms with Gasteiger partial charge in [0.25, 0.3) is 0 Å². The van der Waals surface area contributed by atoms with Gasteiger partial charge in [0.1, 0.15) is 0 Å². The Morgan fingerprint density at radius 3 is 2.03 bits per heavy atom. The Balaban J connectivity index is 0.000000468. The minimum absolute atomic E-state index is 0.0345. The summed E-state index contributed by atoms with van der Waals surface area (Å²) in [5.41, 5.74) is 1.12. The molecule has 2 amide bonds. The molecule has 4 nitrogen and oxygen atoms in total. The van der Waals surface area contributed by atoms with Crippen molar-refractivity contribution in [3.63, 3.8) is 0 Å². The summed E-state index contributed by atoms with van der Waals surface area (Å²) in [6.07, 6.45) is 3.73. The van der Waals surface area contributed by atoms with E-state index in [-0.39, 0.29) is 42.3 Å². The number of nitrogens with zero attached hydrogens (tertiary/aromatic N) is 1. The second kappa shape index (κ2) is 13.6. The van der Waals surface area contributed by atoms with Crippen LogP contribution in [-0.2, 0) is 9.59 Å². The smallest absolute Gasteiger partial charge is 0.226 e. The lowest BCUT2D eigenvalue weighted by Crippen LogP contribution is -2.49. The van der Waals surface area contributed by atoms with Crippen molar-refractivity contribution in [3.05, 3.63) is 70.2 Å². The van der Waals surface area contributed by atoms with Gasteiger partial charge >= 0.3 is 0 Å². The van der Waals surface area contributed by atoms with E-state index in [1.807, 2.05) is 73.3 Å². The monoisotopic (exact) mass is 490 g/mol. The van der Waals surface area contributed by atoms with Gasteiger partial charge in [-0.1, -0.05) is 67.4 Å². The first-order valence-corrected chi connectivity index (χ1v) is 12.6. The number of halogens is 2. The topological polar surface area (TPSA) is 49.4 Å². The van der Waals surface area contributed by atoms with Gasteiger partial charge in [-0.15, -0.1) is 0 Å². The molecule has 1 aliphatic rings. The first-order valence-electron chi connectivity index (χ1n) is 11.8. The number of rotatable bonds is 7. The van der Waals surface area contributed by atoms with Crippen LogP contribution in [0.1, 0.15) is 71.4 Å². The summed E-state index contributed by atoms with van der Waals surface area (Å²) in [7, 11) is 0. The molecule has 2 unspecified atom stereocenters. The van der Waals surface area contributed by atoms with E-state index in [9.17, 15) is 9.59 Å². The van der Waals surface area contributed by atoms with Crippen LogP contribution in [0.3, 0.4) is 0 Å². The summed E-state index contributed by atoms with van der Waals surface area (Å²) in [6.45, 7) is 8.12. The predicted molar refractivity (Wildman–Crippen MR) is 137 cm³/mol. The Morgan fingerprint density at radius 1 is 0.970 bits per heavy atom. The fourth-order valence-electron chi connectivity index (χ4n) is 4.32. The van der Waals surface area contributed by atoms with E-state index in [1.54, 1.807) is 0 Å². The van der Waals surface area contributed by atoms with Crippen molar-refractivity contribution in [1.29, 1.82) is 0 Å². The molecule has 1 saturated heterocycles. The van der Waals surface area contributed by atoms with Gasteiger partial charge in [-0.3, -0.25) is 9.59 Å². The summed E-state index contributed by atoms with van der Waals surface area (Å²) in [4.78, 5) is 27.5. The zero-order chi connectivity index (χ0) is 24.4. The number of benzene rings is 2. The average Bonchev–Trinajstić information content (AvgIpc) is 2.78. The van der Waals surface area contributed by atoms with E-state index in [1.165, 1.54) is 0 Å². The number of piperidine rings is 1. The summed E-state index contributed by atoms with van der Waals surface area (Å²) in [6, 6.07) is 17.6. The van der Waals surface area contributed by atoms with Crippen molar-refractivity contribution in [2.75, 3.05) is 0 Å². The van der Waals surface area contributed by atoms with Crippen LogP contribution in [-0.4, -0.2) is 28.8 Å². The standard InChI is InChI=1S/C21H31ClN2O2.C6H5Cl/c1-5-18(6-2)24-19(15-7-10-17(22)11-8-15)12-9-16(21(24)26)13-20(25)23-14(3)4;7-6-4-2-1-3-5-6/h7-8,10-11,14,16,18-19H,5-6,9,12-13H2,1-4H3,(H,23,25);1-5H. The highest BCUT2D eigenvalue weighted by Gasteiger charge is 2.39. The van der Waals surface area contributed by atoms with Crippen LogP contribution in [0.25, 0.3) is 0 Å². The van der Waals surface area contributed by atoms with Crippen LogP contribution in [0.2, 0.25) is 10.0 Å². The van der Waals surface area contributed by atoms with Crippen molar-refractivity contribution < 1.29 is 9.59 Å². The molecule has 0 aromatic heterocycles. The SMILES string of the molecule is CCC(CC)N1C(=O)C(CC(=O)NC(C)C)CCC1c1ccc(Cl)cc1.Clc1ccccc1. The third-order valence-corrected chi connectivity index (χ3v) is 6.44. The van der Waals surface area contributed by atoms with Gasteiger partial charge in [0.05, 0.1) is 6.04 Å². The Bertz CT molecular complexity index is 867.